The highest BCUT2D eigenvalue weighted by Crippen LogP contribution is 2.47. The number of carbonyl (C=O) groups is 2. The number of nitrogens with one attached hydrogen (secondary N) is 1. The van der Waals surface area contributed by atoms with Gasteiger partial charge >= 0.3 is 6.03 Å². The van der Waals surface area contributed by atoms with E-state index in [0.717, 1.165) is 69.7 Å². The van der Waals surface area contributed by atoms with E-state index in [9.17, 15) is 13.8 Å². The quantitative estimate of drug-likeness (QED) is 0.410. The molecule has 0 aromatic heterocycles. The Morgan fingerprint density at radius 1 is 1.11 bits per heavy atom. The van der Waals surface area contributed by atoms with Crippen molar-refractivity contribution in [3.8, 4) is 5.75 Å². The van der Waals surface area contributed by atoms with Gasteiger partial charge in [0.25, 0.3) is 5.91 Å². The molecule has 1 unspecified atom stereocenters. The molecule has 1 N–H and O–H groups in total. The molecule has 53 heavy (non-hydrogen) atoms. The van der Waals surface area contributed by atoms with Crippen LogP contribution >= 0.6 is 0 Å². The van der Waals surface area contributed by atoms with E-state index in [4.69, 9.17) is 14.2 Å². The third-order valence-corrected chi connectivity index (χ3v) is 14.7. The number of hydrogen-bond donors (Lipinski definition) is 1. The van der Waals surface area contributed by atoms with Crippen molar-refractivity contribution in [2.45, 2.75) is 69.9 Å². The van der Waals surface area contributed by atoms with E-state index in [1.165, 1.54) is 16.7 Å². The second-order valence-corrected chi connectivity index (χ2v) is 18.4. The molecule has 2 aromatic rings. The van der Waals surface area contributed by atoms with Crippen LogP contribution in [0.4, 0.5) is 10.5 Å². The number of hydrogen-bond acceptors (Lipinski definition) is 8. The number of fused-ring (bicyclic) bond motifs is 5. The highest BCUT2D eigenvalue weighted by Gasteiger charge is 2.44. The summed E-state index contributed by atoms with van der Waals surface area (Å²) >= 11 is 0. The smallest absolute Gasteiger partial charge is 0.329 e. The number of carbonyl (C=O) groups excluding carboxylic acids is 2. The zero-order valence-corrected chi connectivity index (χ0v) is 32.3. The molecule has 286 valence electrons. The summed E-state index contributed by atoms with van der Waals surface area (Å²) in [6.45, 7) is 10.1. The second kappa shape index (κ2) is 15.0. The van der Waals surface area contributed by atoms with Gasteiger partial charge in [-0.2, -0.15) is 0 Å². The molecule has 1 saturated carbocycles. The third kappa shape index (κ3) is 7.49. The summed E-state index contributed by atoms with van der Waals surface area (Å²) in [5, 5.41) is 0. The van der Waals surface area contributed by atoms with Crippen molar-refractivity contribution >= 4 is 27.5 Å². The van der Waals surface area contributed by atoms with Gasteiger partial charge in [-0.15, -0.1) is 4.36 Å². The summed E-state index contributed by atoms with van der Waals surface area (Å²) in [5.74, 6) is 0.855. The number of nitrogens with zero attached hydrogens (tertiary/aromatic N) is 4. The minimum atomic E-state index is -3.49. The summed E-state index contributed by atoms with van der Waals surface area (Å²) in [4.78, 5) is 34.3. The number of urea groups is 1. The number of ether oxygens (including phenoxy) is 3. The molecule has 4 heterocycles. The van der Waals surface area contributed by atoms with Crippen LogP contribution in [0.3, 0.4) is 0 Å². The summed E-state index contributed by atoms with van der Waals surface area (Å²) in [6.07, 6.45) is 10.2. The average molecular weight is 746 g/mol. The van der Waals surface area contributed by atoms with Gasteiger partial charge in [-0.3, -0.25) is 14.4 Å². The Morgan fingerprint density at radius 3 is 2.83 bits per heavy atom. The highest BCUT2D eigenvalue weighted by molar-refractivity contribution is 7.92. The molecule has 2 aliphatic carbocycles. The van der Waals surface area contributed by atoms with Crippen LogP contribution < -0.4 is 14.4 Å². The zero-order valence-electron chi connectivity index (χ0n) is 31.5. The molecule has 2 saturated heterocycles. The SMILES string of the molecule is CO[C@H]1/C=C/C[C@H](C)CS(=O)(NC(=O)N2CCN3CCOC[C@H]3C2)=NC(=O)c2ccc3c(c2)N(C[C@@H]2CC[C@H]21)C[C@@]1(CCCc2cc(C)ccc21)CO3. The fourth-order valence-electron chi connectivity index (χ4n) is 9.66. The van der Waals surface area contributed by atoms with Crippen LogP contribution in [0.5, 0.6) is 5.75 Å². The molecular weight excluding hydrogens is 691 g/mol. The van der Waals surface area contributed by atoms with Gasteiger partial charge in [-0.1, -0.05) is 42.8 Å². The third-order valence-electron chi connectivity index (χ3n) is 12.7. The molecule has 6 aliphatic rings. The topological polar surface area (TPSA) is 113 Å². The Hall–Kier alpha value is -3.45. The Balaban J connectivity index is 1.15. The number of allylic oxidation sites excluding steroid dienone is 1. The number of rotatable bonds is 2. The summed E-state index contributed by atoms with van der Waals surface area (Å²) < 4.78 is 40.3. The van der Waals surface area contributed by atoms with Crippen LogP contribution in [0.25, 0.3) is 0 Å². The molecule has 4 aliphatic heterocycles. The van der Waals surface area contributed by atoms with Gasteiger partial charge in [-0.05, 0) is 92.5 Å². The number of amides is 3. The normalized spacial score (nSPS) is 33.9. The van der Waals surface area contributed by atoms with Crippen molar-refractivity contribution in [1.82, 2.24) is 14.5 Å². The summed E-state index contributed by atoms with van der Waals surface area (Å²) in [7, 11) is -1.70. The Labute approximate surface area is 314 Å². The molecule has 1 spiro atoms. The molecule has 12 heteroatoms. The molecule has 2 bridgehead atoms. The lowest BCUT2D eigenvalue weighted by Gasteiger charge is -2.46. The molecule has 0 radical (unpaired) electrons. The first-order chi connectivity index (χ1) is 25.6. The second-order valence-electron chi connectivity index (χ2n) is 16.4. The van der Waals surface area contributed by atoms with Gasteiger partial charge in [0.2, 0.25) is 0 Å². The average Bonchev–Trinajstić information content (AvgIpc) is 3.28. The Kier molecular flexibility index (Phi) is 10.3. The van der Waals surface area contributed by atoms with Gasteiger partial charge in [0, 0.05) is 57.4 Å². The van der Waals surface area contributed by atoms with Gasteiger partial charge in [0.1, 0.15) is 15.7 Å². The molecule has 2 aromatic carbocycles. The minimum absolute atomic E-state index is 0.0343. The van der Waals surface area contributed by atoms with Crippen LogP contribution in [0.1, 0.15) is 66.1 Å². The van der Waals surface area contributed by atoms with Crippen molar-refractivity contribution in [3.63, 3.8) is 0 Å². The van der Waals surface area contributed by atoms with E-state index in [0.29, 0.717) is 56.7 Å². The summed E-state index contributed by atoms with van der Waals surface area (Å²) in [6, 6.07) is 12.0. The van der Waals surface area contributed by atoms with Crippen molar-refractivity contribution < 1.29 is 28.0 Å². The summed E-state index contributed by atoms with van der Waals surface area (Å²) in [5.41, 5.74) is 5.05. The van der Waals surface area contributed by atoms with Crippen LogP contribution in [0, 0.1) is 24.7 Å². The lowest BCUT2D eigenvalue weighted by molar-refractivity contribution is -0.0361. The van der Waals surface area contributed by atoms with Gasteiger partial charge in [0.15, 0.2) is 0 Å². The van der Waals surface area contributed by atoms with Crippen LogP contribution in [0.15, 0.2) is 52.9 Å². The monoisotopic (exact) mass is 745 g/mol. The first-order valence-electron chi connectivity index (χ1n) is 19.6. The van der Waals surface area contributed by atoms with Gasteiger partial charge in [-0.25, -0.2) is 9.00 Å². The fraction of sp³-hybridized carbons (Fsp3) is 0.610. The van der Waals surface area contributed by atoms with Crippen LogP contribution in [-0.4, -0.2) is 110 Å². The maximum absolute atomic E-state index is 14.7. The largest absolute Gasteiger partial charge is 0.490 e. The molecule has 3 fully saturated rings. The lowest BCUT2D eigenvalue weighted by Crippen LogP contribution is -2.60. The van der Waals surface area contributed by atoms with E-state index in [1.807, 2.05) is 19.1 Å². The van der Waals surface area contributed by atoms with E-state index >= 15 is 0 Å². The maximum Gasteiger partial charge on any atom is 0.329 e. The van der Waals surface area contributed by atoms with Crippen molar-refractivity contribution in [3.05, 3.63) is 70.8 Å². The number of benzene rings is 2. The number of methoxy groups -OCH3 is 1. The maximum atomic E-state index is 14.7. The predicted octanol–water partition coefficient (Wildman–Crippen LogP) is 5.35. The standard InChI is InChI=1S/C41H55N5O6S/c1-28-9-13-35-30(20-28)7-5-15-41(35)26-46-22-32-10-12-34(32)37(50-3)8-4-6-29(2)25-53(49,42-39(47)31-11-14-38(52-27-41)36(46)21-31)43-40(48)45-17-16-44-18-19-51-24-33(44)23-45/h4,8-9,11,13-14,20-21,29,32-34,37H,5-7,10,12,15-19,22-27H2,1-3H3,(H,42,43,47,48,49)/b8-4+/t29-,32-,33+,34+,37-,41-,53?/m0/s1. The molecule has 7 atom stereocenters. The number of morpholine rings is 1. The van der Waals surface area contributed by atoms with Crippen molar-refractivity contribution in [1.29, 1.82) is 0 Å². The van der Waals surface area contributed by atoms with E-state index < -0.39 is 21.9 Å². The van der Waals surface area contributed by atoms with E-state index in [-0.39, 0.29) is 29.2 Å². The van der Waals surface area contributed by atoms with Crippen molar-refractivity contribution in [2.24, 2.45) is 22.1 Å². The first kappa shape index (κ1) is 36.5. The first-order valence-corrected chi connectivity index (χ1v) is 21.3. The van der Waals surface area contributed by atoms with Gasteiger partial charge < -0.3 is 24.0 Å². The minimum Gasteiger partial charge on any atom is -0.490 e. The molecule has 8 rings (SSSR count). The van der Waals surface area contributed by atoms with Crippen LogP contribution in [0.2, 0.25) is 0 Å². The molecular formula is C41H55N5O6S. The van der Waals surface area contributed by atoms with E-state index in [2.05, 4.69) is 56.2 Å². The highest BCUT2D eigenvalue weighted by atomic mass is 32.2. The van der Waals surface area contributed by atoms with Gasteiger partial charge in [0.05, 0.1) is 43.4 Å². The zero-order chi connectivity index (χ0) is 36.7. The fourth-order valence-corrected chi connectivity index (χ4v) is 11.5. The number of anilines is 1. The number of aryl methyl sites for hydroxylation is 2. The lowest BCUT2D eigenvalue weighted by atomic mass is 9.68. The molecule has 11 nitrogen and oxygen atoms in total. The molecule has 3 amide bonds. The Bertz CT molecular complexity index is 1880. The van der Waals surface area contributed by atoms with Crippen LogP contribution in [-0.2, 0) is 31.2 Å². The number of piperazine rings is 1. The van der Waals surface area contributed by atoms with Crippen molar-refractivity contribution in [2.75, 3.05) is 76.9 Å². The predicted molar refractivity (Wildman–Crippen MR) is 206 cm³/mol. The Morgan fingerprint density at radius 2 is 2.00 bits per heavy atom. The van der Waals surface area contributed by atoms with E-state index in [1.54, 1.807) is 18.1 Å².